The average molecular weight is 597 g/mol. The third-order valence-corrected chi connectivity index (χ3v) is 8.66. The highest BCUT2D eigenvalue weighted by Crippen LogP contribution is 2.27. The number of hydrogen-bond acceptors (Lipinski definition) is 6. The fourth-order valence-corrected chi connectivity index (χ4v) is 6.04. The summed E-state index contributed by atoms with van der Waals surface area (Å²) in [5, 5.41) is 12.8. The maximum atomic E-state index is 13.7. The molecule has 1 aliphatic carbocycles. The van der Waals surface area contributed by atoms with Gasteiger partial charge >= 0.3 is 0 Å². The summed E-state index contributed by atoms with van der Waals surface area (Å²) < 4.78 is 2.15. The zero-order chi connectivity index (χ0) is 31.0. The summed E-state index contributed by atoms with van der Waals surface area (Å²) in [5.74, 6) is 0.114. The molecule has 10 nitrogen and oxygen atoms in total. The van der Waals surface area contributed by atoms with E-state index in [4.69, 9.17) is 11.5 Å². The van der Waals surface area contributed by atoms with Gasteiger partial charge in [-0.25, -0.2) is 4.98 Å². The van der Waals surface area contributed by atoms with Gasteiger partial charge < -0.3 is 31.4 Å². The van der Waals surface area contributed by atoms with E-state index >= 15 is 0 Å². The maximum Gasteiger partial charge on any atom is 0.248 e. The Balaban J connectivity index is 1.56. The monoisotopic (exact) mass is 596 g/mol. The Morgan fingerprint density at radius 1 is 1.07 bits per heavy atom. The summed E-state index contributed by atoms with van der Waals surface area (Å²) in [6, 6.07) is 5.99. The first-order valence-electron chi connectivity index (χ1n) is 16.1. The number of nitrogens with one attached hydrogen (secondary N) is 1. The van der Waals surface area contributed by atoms with Crippen LogP contribution < -0.4 is 16.8 Å². The van der Waals surface area contributed by atoms with Crippen LogP contribution in [0.15, 0.2) is 36.7 Å². The highest BCUT2D eigenvalue weighted by Gasteiger charge is 2.33. The first-order chi connectivity index (χ1) is 20.8. The molecule has 6 N–H and O–H groups in total. The van der Waals surface area contributed by atoms with Crippen LogP contribution in [-0.2, 0) is 33.8 Å². The largest absolute Gasteiger partial charge is 0.394 e. The van der Waals surface area contributed by atoms with E-state index < -0.39 is 30.5 Å². The predicted octanol–water partition coefficient (Wildman–Crippen LogP) is 3.02. The van der Waals surface area contributed by atoms with E-state index in [1.54, 1.807) is 0 Å². The van der Waals surface area contributed by atoms with Crippen molar-refractivity contribution < 1.29 is 19.5 Å². The lowest BCUT2D eigenvalue weighted by Crippen LogP contribution is -2.57. The van der Waals surface area contributed by atoms with Crippen LogP contribution in [0.5, 0.6) is 0 Å². The van der Waals surface area contributed by atoms with Gasteiger partial charge in [0.15, 0.2) is 0 Å². The Bertz CT molecular complexity index is 1130. The van der Waals surface area contributed by atoms with Crippen LogP contribution >= 0.6 is 0 Å². The molecule has 0 unspecified atom stereocenters. The van der Waals surface area contributed by atoms with Gasteiger partial charge in [-0.15, -0.1) is 0 Å². The number of aliphatic hydroxyl groups is 1. The summed E-state index contributed by atoms with van der Waals surface area (Å²) in [6.07, 6.45) is 15.3. The van der Waals surface area contributed by atoms with E-state index in [0.717, 1.165) is 62.9 Å². The van der Waals surface area contributed by atoms with Gasteiger partial charge in [0, 0.05) is 25.5 Å². The number of carbonyl (C=O) groups is 3. The summed E-state index contributed by atoms with van der Waals surface area (Å²) in [4.78, 5) is 44.9. The number of aryl methyl sites for hydroxylation is 3. The maximum absolute atomic E-state index is 13.7. The number of nitrogens with two attached hydrogens (primary N) is 2. The van der Waals surface area contributed by atoms with Crippen molar-refractivity contribution in [2.75, 3.05) is 19.7 Å². The van der Waals surface area contributed by atoms with Crippen molar-refractivity contribution in [2.24, 2.45) is 17.4 Å². The van der Waals surface area contributed by atoms with Crippen molar-refractivity contribution in [2.45, 2.75) is 109 Å². The predicted molar refractivity (Wildman–Crippen MR) is 168 cm³/mol. The molecule has 1 heterocycles. The second kappa shape index (κ2) is 18.4. The smallest absolute Gasteiger partial charge is 0.248 e. The number of rotatable bonds is 19. The molecular weight excluding hydrogens is 544 g/mol. The molecule has 3 amide bonds. The molecule has 0 saturated heterocycles. The third-order valence-electron chi connectivity index (χ3n) is 8.66. The molecule has 0 bridgehead atoms. The zero-order valence-electron chi connectivity index (χ0n) is 25.9. The Hall–Kier alpha value is -3.24. The molecule has 238 valence electrons. The van der Waals surface area contributed by atoms with Crippen LogP contribution in [0.25, 0.3) is 0 Å². The number of primary amides is 1. The lowest BCUT2D eigenvalue weighted by atomic mass is 9.86. The minimum atomic E-state index is -1.14. The highest BCUT2D eigenvalue weighted by atomic mass is 16.3. The molecule has 0 spiro atoms. The van der Waals surface area contributed by atoms with Crippen LogP contribution in [0.4, 0.5) is 0 Å². The SMILES string of the molecule is Cc1nccn1CCCCc1ccc(CC(=O)N[C@@H](CO)C(=O)N(CCC2CCCCC2)[C@@H](CCCCN)C(N)=O)cc1. The van der Waals surface area contributed by atoms with Crippen LogP contribution in [-0.4, -0.2) is 69.1 Å². The quantitative estimate of drug-likeness (QED) is 0.183. The third kappa shape index (κ3) is 11.4. The molecule has 1 aliphatic rings. The number of nitrogens with zero attached hydrogens (tertiary/aromatic N) is 3. The number of hydrogen-bond donors (Lipinski definition) is 4. The van der Waals surface area contributed by atoms with E-state index in [1.165, 1.54) is 29.7 Å². The first kappa shape index (κ1) is 34.3. The Morgan fingerprint density at radius 3 is 2.42 bits per heavy atom. The van der Waals surface area contributed by atoms with E-state index in [-0.39, 0.29) is 12.3 Å². The second-order valence-electron chi connectivity index (χ2n) is 11.9. The number of unbranched alkanes of at least 4 members (excludes halogenated alkanes) is 2. The second-order valence-corrected chi connectivity index (χ2v) is 11.9. The molecule has 3 rings (SSSR count). The summed E-state index contributed by atoms with van der Waals surface area (Å²) in [7, 11) is 0. The first-order valence-corrected chi connectivity index (χ1v) is 16.1. The number of benzene rings is 1. The van der Waals surface area contributed by atoms with Gasteiger partial charge in [0.1, 0.15) is 17.9 Å². The van der Waals surface area contributed by atoms with Gasteiger partial charge in [-0.05, 0) is 75.5 Å². The van der Waals surface area contributed by atoms with Gasteiger partial charge in [0.2, 0.25) is 17.7 Å². The topological polar surface area (TPSA) is 157 Å². The zero-order valence-corrected chi connectivity index (χ0v) is 25.9. The number of aliphatic hydroxyl groups excluding tert-OH is 1. The number of aromatic nitrogens is 2. The summed E-state index contributed by atoms with van der Waals surface area (Å²) in [5.41, 5.74) is 13.4. The van der Waals surface area contributed by atoms with Crippen LogP contribution in [0, 0.1) is 12.8 Å². The molecule has 1 saturated carbocycles. The fraction of sp³-hybridized carbons (Fsp3) is 0.636. The van der Waals surface area contributed by atoms with Crippen molar-refractivity contribution in [3.63, 3.8) is 0 Å². The van der Waals surface area contributed by atoms with E-state index in [9.17, 15) is 19.5 Å². The molecule has 1 aromatic heterocycles. The molecule has 1 fully saturated rings. The number of carbonyl (C=O) groups excluding carboxylic acids is 3. The van der Waals surface area contributed by atoms with Gasteiger partial charge in [-0.1, -0.05) is 56.4 Å². The Kier molecular flexibility index (Phi) is 14.7. The van der Waals surface area contributed by atoms with Gasteiger partial charge in [-0.3, -0.25) is 14.4 Å². The van der Waals surface area contributed by atoms with Crippen LogP contribution in [0.2, 0.25) is 0 Å². The number of amides is 3. The molecule has 10 heteroatoms. The molecule has 2 aromatic rings. The van der Waals surface area contributed by atoms with Crippen molar-refractivity contribution in [1.82, 2.24) is 19.8 Å². The van der Waals surface area contributed by atoms with Crippen molar-refractivity contribution in [3.05, 3.63) is 53.6 Å². The number of imidazole rings is 1. The van der Waals surface area contributed by atoms with Gasteiger partial charge in [-0.2, -0.15) is 0 Å². The average Bonchev–Trinajstić information content (AvgIpc) is 3.42. The van der Waals surface area contributed by atoms with Crippen molar-refractivity contribution in [1.29, 1.82) is 0 Å². The Morgan fingerprint density at radius 2 is 1.79 bits per heavy atom. The molecule has 2 atom stereocenters. The van der Waals surface area contributed by atoms with E-state index in [1.807, 2.05) is 43.6 Å². The molecule has 0 aliphatic heterocycles. The molecule has 1 aromatic carbocycles. The minimum absolute atomic E-state index is 0.0851. The fourth-order valence-electron chi connectivity index (χ4n) is 6.04. The standard InChI is InChI=1S/C33H52N6O4/c1-25-36-19-22-38(25)20-8-6-11-27-13-15-28(16-14-27)23-31(41)37-29(24-40)33(43)39(21-17-26-9-3-2-4-10-26)30(32(35)42)12-5-7-18-34/h13-16,19,22,26,29-30,40H,2-12,17-18,20-21,23-24,34H2,1H3,(H2,35,42)(H,37,41)/t29-,30-/m0/s1. The highest BCUT2D eigenvalue weighted by molar-refractivity contribution is 5.92. The van der Waals surface area contributed by atoms with Gasteiger partial charge in [0.05, 0.1) is 13.0 Å². The van der Waals surface area contributed by atoms with Crippen LogP contribution in [0.3, 0.4) is 0 Å². The summed E-state index contributed by atoms with van der Waals surface area (Å²) in [6.45, 7) is 3.25. The molecule has 0 radical (unpaired) electrons. The van der Waals surface area contributed by atoms with E-state index in [0.29, 0.717) is 31.8 Å². The molecule has 43 heavy (non-hydrogen) atoms. The normalized spacial score (nSPS) is 15.1. The van der Waals surface area contributed by atoms with Crippen molar-refractivity contribution >= 4 is 17.7 Å². The molecular formula is C33H52N6O4. The lowest BCUT2D eigenvalue weighted by molar-refractivity contribution is -0.143. The lowest BCUT2D eigenvalue weighted by Gasteiger charge is -2.34. The minimum Gasteiger partial charge on any atom is -0.394 e. The summed E-state index contributed by atoms with van der Waals surface area (Å²) >= 11 is 0. The van der Waals surface area contributed by atoms with E-state index in [2.05, 4.69) is 14.9 Å². The Labute approximate surface area is 256 Å². The van der Waals surface area contributed by atoms with Crippen molar-refractivity contribution in [3.8, 4) is 0 Å². The van der Waals surface area contributed by atoms with Crippen LogP contribution in [0.1, 0.15) is 87.6 Å². The van der Waals surface area contributed by atoms with Gasteiger partial charge in [0.25, 0.3) is 0 Å².